The summed E-state index contributed by atoms with van der Waals surface area (Å²) in [4.78, 5) is 157. The van der Waals surface area contributed by atoms with Crippen LogP contribution in [0.1, 0.15) is 146 Å². The van der Waals surface area contributed by atoms with E-state index in [4.69, 9.17) is 33.2 Å². The van der Waals surface area contributed by atoms with Gasteiger partial charge in [0.05, 0.1) is 28.7 Å². The van der Waals surface area contributed by atoms with Gasteiger partial charge in [-0.25, -0.2) is 14.4 Å². The molecule has 0 bridgehead atoms. The zero-order valence-corrected chi connectivity index (χ0v) is 46.2. The molecule has 19 heteroatoms. The monoisotopic (exact) mass is 1130 g/mol. The van der Waals surface area contributed by atoms with Crippen molar-refractivity contribution in [3.63, 3.8) is 0 Å². The van der Waals surface area contributed by atoms with Gasteiger partial charge in [0, 0.05) is 106 Å². The van der Waals surface area contributed by atoms with E-state index < -0.39 is 171 Å². The van der Waals surface area contributed by atoms with Gasteiger partial charge in [-0.1, -0.05) is 69.3 Å². The molecule has 2 heterocycles. The second kappa shape index (κ2) is 18.1. The molecule has 0 unspecified atom stereocenters. The minimum Gasteiger partial charge on any atom is -0.459 e. The van der Waals surface area contributed by atoms with Crippen molar-refractivity contribution in [3.05, 3.63) is 152 Å². The first-order valence-electron chi connectivity index (χ1n) is 27.7. The summed E-state index contributed by atoms with van der Waals surface area (Å²) < 4.78 is 44.1. The normalized spacial score (nSPS) is 37.1. The van der Waals surface area contributed by atoms with Crippen LogP contribution in [0, 0.1) is 57.7 Å². The number of allylic oxidation sites excluding steroid dienone is 1. The number of carbonyl (C=O) groups excluding carboxylic acids is 11. The molecule has 19 nitrogen and oxygen atoms in total. The van der Waals surface area contributed by atoms with Crippen molar-refractivity contribution >= 4 is 64.7 Å². The molecule has 4 aromatic carbocycles. The van der Waals surface area contributed by atoms with Gasteiger partial charge in [-0.15, -0.1) is 0 Å². The van der Waals surface area contributed by atoms with Crippen LogP contribution >= 0.6 is 0 Å². The Bertz CT molecular complexity index is 3760. The number of ketones is 5. The summed E-state index contributed by atoms with van der Waals surface area (Å²) >= 11 is 0. The predicted molar refractivity (Wildman–Crippen MR) is 282 cm³/mol. The van der Waals surface area contributed by atoms with Gasteiger partial charge in [0.1, 0.15) is 30.2 Å². The van der Waals surface area contributed by atoms with E-state index in [1.807, 2.05) is 0 Å². The molecule has 9 aliphatic rings. The summed E-state index contributed by atoms with van der Waals surface area (Å²) in [6, 6.07) is 20.2. The van der Waals surface area contributed by atoms with Gasteiger partial charge in [0.15, 0.2) is 35.0 Å². The molecule has 13 rings (SSSR count). The van der Waals surface area contributed by atoms with Crippen LogP contribution in [0.25, 0.3) is 0 Å². The number of epoxide rings is 1. The third-order valence-corrected chi connectivity index (χ3v) is 20.6. The quantitative estimate of drug-likeness (QED) is 0.107. The summed E-state index contributed by atoms with van der Waals surface area (Å²) in [5.74, 6) is -16.4. The van der Waals surface area contributed by atoms with E-state index in [2.05, 4.69) is 0 Å². The fourth-order valence-electron chi connectivity index (χ4n) is 17.1. The SMILES string of the molecule is CC(=O)O[C@H]1[C@H]2[C@H]([C@@H]3[C@@H](O)[C@@H]4[C@H]([C@H](C)C=C5OC(=O)[C@@](C)(OC(=O)c6ccc7c(c6)C(=O)c6ccccc6C7=O)[C@@]54C)[C@@]3(C)[C@H]1OC(C)=O)[C@@H](OC(=O)c1ccc3c(c1)C(=O)c1ccccc1C3=O)C(=O)[C@H]1C[C@@H]3O[C@@H]3[C@H](OC(C)=O)[C@]21C. The molecular weight excluding hydrogens is 1070 g/mol. The highest BCUT2D eigenvalue weighted by atomic mass is 16.6. The molecule has 0 spiro atoms. The van der Waals surface area contributed by atoms with Crippen molar-refractivity contribution < 1.29 is 91.0 Å². The van der Waals surface area contributed by atoms with Crippen LogP contribution < -0.4 is 0 Å². The summed E-state index contributed by atoms with van der Waals surface area (Å²) in [7, 11) is 0. The molecule has 0 radical (unpaired) electrons. The summed E-state index contributed by atoms with van der Waals surface area (Å²) in [5.41, 5.74) is -7.20. The van der Waals surface area contributed by atoms with Crippen LogP contribution in [-0.2, 0) is 57.1 Å². The van der Waals surface area contributed by atoms with E-state index >= 15 is 9.59 Å². The van der Waals surface area contributed by atoms with Gasteiger partial charge >= 0.3 is 35.8 Å². The third kappa shape index (κ3) is 7.18. The van der Waals surface area contributed by atoms with Gasteiger partial charge in [0.25, 0.3) is 0 Å². The first-order chi connectivity index (χ1) is 39.3. The molecule has 4 saturated carbocycles. The lowest BCUT2D eigenvalue weighted by molar-refractivity contribution is -0.272. The molecule has 1 N–H and O–H groups in total. The Hall–Kier alpha value is -8.29. The maximum atomic E-state index is 16.0. The number of rotatable bonds is 7. The Morgan fingerprint density at radius 3 is 1.59 bits per heavy atom. The molecule has 6 fully saturated rings. The summed E-state index contributed by atoms with van der Waals surface area (Å²) in [5, 5.41) is 13.9. The highest BCUT2D eigenvalue weighted by molar-refractivity contribution is 6.29. The number of hydrogen-bond donors (Lipinski definition) is 1. The van der Waals surface area contributed by atoms with Crippen molar-refractivity contribution in [2.24, 2.45) is 57.7 Å². The van der Waals surface area contributed by atoms with Crippen molar-refractivity contribution in [3.8, 4) is 0 Å². The zero-order chi connectivity index (χ0) is 59.0. The topological polar surface area (TPSA) is 276 Å². The van der Waals surface area contributed by atoms with Crippen LogP contribution in [0.3, 0.4) is 0 Å². The van der Waals surface area contributed by atoms with Crippen LogP contribution in [-0.4, -0.2) is 118 Å². The zero-order valence-electron chi connectivity index (χ0n) is 46.2. The highest BCUT2D eigenvalue weighted by Crippen LogP contribution is 2.76. The highest BCUT2D eigenvalue weighted by Gasteiger charge is 2.84. The van der Waals surface area contributed by atoms with Crippen LogP contribution in [0.5, 0.6) is 0 Å². The van der Waals surface area contributed by atoms with E-state index in [0.717, 1.165) is 13.8 Å². The number of aliphatic hydroxyl groups excluding tert-OH is 1. The number of ether oxygens (including phenoxy) is 7. The molecule has 2 saturated heterocycles. The van der Waals surface area contributed by atoms with Crippen molar-refractivity contribution in [1.29, 1.82) is 0 Å². The number of fused-ring (bicyclic) bond motifs is 14. The number of carbonyl (C=O) groups is 11. The van der Waals surface area contributed by atoms with Crippen molar-refractivity contribution in [1.82, 2.24) is 0 Å². The van der Waals surface area contributed by atoms with Crippen LogP contribution in [0.2, 0.25) is 0 Å². The molecule has 426 valence electrons. The Labute approximate surface area is 474 Å². The average Bonchev–Trinajstić information content (AvgIpc) is 1.98. The maximum Gasteiger partial charge on any atom is 0.356 e. The fourth-order valence-corrected chi connectivity index (χ4v) is 17.1. The van der Waals surface area contributed by atoms with Crippen molar-refractivity contribution in [2.75, 3.05) is 0 Å². The Balaban J connectivity index is 0.958. The maximum absolute atomic E-state index is 16.0. The first-order valence-corrected chi connectivity index (χ1v) is 27.7. The molecule has 4 aromatic rings. The van der Waals surface area contributed by atoms with Crippen LogP contribution in [0.4, 0.5) is 0 Å². The lowest BCUT2D eigenvalue weighted by Gasteiger charge is -2.65. The summed E-state index contributed by atoms with van der Waals surface area (Å²) in [6.07, 6.45) is -7.50. The van der Waals surface area contributed by atoms with E-state index in [1.54, 1.807) is 58.0 Å². The largest absolute Gasteiger partial charge is 0.459 e. The fraction of sp³-hybridized carbons (Fsp3) is 0.422. The second-order valence-corrected chi connectivity index (χ2v) is 24.5. The predicted octanol–water partition coefficient (Wildman–Crippen LogP) is 6.12. The Morgan fingerprint density at radius 1 is 0.566 bits per heavy atom. The molecule has 18 atom stereocenters. The van der Waals surface area contributed by atoms with Crippen molar-refractivity contribution in [2.45, 2.75) is 110 Å². The molecule has 83 heavy (non-hydrogen) atoms. The average molecular weight is 1130 g/mol. The van der Waals surface area contributed by atoms with Gasteiger partial charge in [0.2, 0.25) is 5.60 Å². The van der Waals surface area contributed by atoms with E-state index in [9.17, 15) is 48.3 Å². The molecular formula is C64H56O19. The second-order valence-electron chi connectivity index (χ2n) is 24.5. The third-order valence-electron chi connectivity index (χ3n) is 20.6. The number of aliphatic hydroxyl groups is 1. The van der Waals surface area contributed by atoms with E-state index in [-0.39, 0.29) is 67.8 Å². The standard InChI is InChI=1S/C64H56O19/c1-25-21-41-63(7,64(8,60(76)81-41)83-59(75)30-18-20-36-38(23-30)50(71)34-16-12-10-14-32(34)48(36)69)46-43(25)62(6)44(52(46)73)42-45(55(77-26(2)65)57(62)79-28(4)67)61(5)39(24-40-53(80-40)56(61)78-27(3)66)51(72)54(42)82-58(74)29-17-19-35-37(22-29)49(70)33-15-11-9-13-31(33)47(35)68/h9-23,25,39-40,42-46,52-57,73H,24H2,1-8H3/t25-,39-,40+,42+,43+,44-,45-,46+,52-,53+,54-,55+,56+,57+,61+,62-,63+,64-/m1/s1. The molecule has 0 aromatic heterocycles. The number of esters is 6. The van der Waals surface area contributed by atoms with Gasteiger partial charge in [-0.3, -0.25) is 38.4 Å². The van der Waals surface area contributed by atoms with E-state index in [0.29, 0.717) is 0 Å². The number of hydrogen-bond acceptors (Lipinski definition) is 19. The first kappa shape index (κ1) is 54.0. The van der Waals surface area contributed by atoms with Gasteiger partial charge < -0.3 is 38.3 Å². The lowest BCUT2D eigenvalue weighted by atomic mass is 9.41. The van der Waals surface area contributed by atoms with Gasteiger partial charge in [-0.2, -0.15) is 0 Å². The number of benzene rings is 4. The van der Waals surface area contributed by atoms with E-state index in [1.165, 1.54) is 74.5 Å². The smallest absolute Gasteiger partial charge is 0.356 e. The molecule has 0 amide bonds. The summed E-state index contributed by atoms with van der Waals surface area (Å²) in [6.45, 7) is 11.6. The minimum absolute atomic E-state index is 0.0182. The minimum atomic E-state index is -2.31. The Kier molecular flexibility index (Phi) is 11.8. The Morgan fingerprint density at radius 2 is 1.06 bits per heavy atom. The molecule has 7 aliphatic carbocycles. The lowest BCUT2D eigenvalue weighted by Crippen LogP contribution is -2.75. The van der Waals surface area contributed by atoms with Gasteiger partial charge in [-0.05, 0) is 74.6 Å². The number of Topliss-reactive ketones (excluding diaryl/α,β-unsaturated/α-hetero) is 1. The van der Waals surface area contributed by atoms with Crippen LogP contribution in [0.15, 0.2) is 96.8 Å². The molecule has 2 aliphatic heterocycles.